The van der Waals surface area contributed by atoms with Crippen molar-refractivity contribution in [1.29, 1.82) is 0 Å². The van der Waals surface area contributed by atoms with Crippen LogP contribution in [-0.4, -0.2) is 25.5 Å². The van der Waals surface area contributed by atoms with E-state index in [0.29, 0.717) is 9.33 Å². The maximum absolute atomic E-state index is 13.4. The lowest BCUT2D eigenvalue weighted by Gasteiger charge is -2.28. The minimum absolute atomic E-state index is 0.0637. The Labute approximate surface area is 148 Å². The molecule has 2 aromatic carbocycles. The number of anilines is 1. The molecule has 0 heterocycles. The van der Waals surface area contributed by atoms with Crippen molar-refractivity contribution < 1.29 is 22.7 Å². The predicted octanol–water partition coefficient (Wildman–Crippen LogP) is 3.80. The molecule has 5 nitrogen and oxygen atoms in total. The molecule has 9 heteroatoms. The molecule has 0 fully saturated rings. The number of nitrogens with zero attached hydrogens (tertiary/aromatic N) is 1. The molecule has 0 saturated heterocycles. The zero-order valence-electron chi connectivity index (χ0n) is 12.3. The smallest absolute Gasteiger partial charge is 0.327 e. The molecule has 0 radical (unpaired) electrons. The van der Waals surface area contributed by atoms with Gasteiger partial charge in [0.05, 0.1) is 15.6 Å². The largest absolute Gasteiger partial charge is 0.480 e. The van der Waals surface area contributed by atoms with Gasteiger partial charge >= 0.3 is 5.97 Å². The van der Waals surface area contributed by atoms with Crippen LogP contribution in [0.2, 0.25) is 10.0 Å². The Hall–Kier alpha value is -1.83. The van der Waals surface area contributed by atoms with Gasteiger partial charge in [0.15, 0.2) is 0 Å². The molecule has 0 spiro atoms. The van der Waals surface area contributed by atoms with Gasteiger partial charge in [0.25, 0.3) is 10.0 Å². The van der Waals surface area contributed by atoms with Gasteiger partial charge < -0.3 is 5.11 Å². The van der Waals surface area contributed by atoms with E-state index in [9.17, 15) is 22.7 Å². The number of carboxylic acids is 1. The van der Waals surface area contributed by atoms with Crippen LogP contribution in [0.5, 0.6) is 0 Å². The van der Waals surface area contributed by atoms with Crippen molar-refractivity contribution in [2.45, 2.75) is 17.9 Å². The van der Waals surface area contributed by atoms with Crippen molar-refractivity contribution in [3.05, 3.63) is 58.3 Å². The fourth-order valence-corrected chi connectivity index (χ4v) is 3.92. The van der Waals surface area contributed by atoms with E-state index >= 15 is 0 Å². The second-order valence-electron chi connectivity index (χ2n) is 4.87. The molecule has 0 saturated carbocycles. The third-order valence-corrected chi connectivity index (χ3v) is 5.69. The number of hydrogen-bond acceptors (Lipinski definition) is 3. The molecule has 0 aliphatic carbocycles. The van der Waals surface area contributed by atoms with Crippen LogP contribution in [0.1, 0.15) is 6.92 Å². The lowest BCUT2D eigenvalue weighted by molar-refractivity contribution is -0.137. The number of hydrogen-bond donors (Lipinski definition) is 1. The summed E-state index contributed by atoms with van der Waals surface area (Å²) in [6.07, 6.45) is 0. The Morgan fingerprint density at radius 1 is 1.17 bits per heavy atom. The molecule has 1 N–H and O–H groups in total. The number of benzene rings is 2. The molecule has 128 valence electrons. The summed E-state index contributed by atoms with van der Waals surface area (Å²) in [5.74, 6) is -2.11. The van der Waals surface area contributed by atoms with Crippen LogP contribution in [0.25, 0.3) is 0 Å². The number of carbonyl (C=O) groups is 1. The molecule has 1 atom stereocenters. The lowest BCUT2D eigenvalue weighted by atomic mass is 10.2. The van der Waals surface area contributed by atoms with Crippen LogP contribution < -0.4 is 4.31 Å². The van der Waals surface area contributed by atoms with Crippen molar-refractivity contribution in [2.75, 3.05) is 4.31 Å². The molecule has 2 rings (SSSR count). The average molecular weight is 392 g/mol. The van der Waals surface area contributed by atoms with Crippen molar-refractivity contribution in [2.24, 2.45) is 0 Å². The van der Waals surface area contributed by atoms with Gasteiger partial charge in [-0.2, -0.15) is 0 Å². The summed E-state index contributed by atoms with van der Waals surface area (Å²) in [7, 11) is -4.23. The van der Waals surface area contributed by atoms with Gasteiger partial charge in [-0.05, 0) is 49.4 Å². The fourth-order valence-electron chi connectivity index (χ4n) is 2.01. The minimum atomic E-state index is -4.23. The van der Waals surface area contributed by atoms with Crippen LogP contribution in [0.3, 0.4) is 0 Å². The molecule has 0 aromatic heterocycles. The highest BCUT2D eigenvalue weighted by atomic mass is 35.5. The summed E-state index contributed by atoms with van der Waals surface area (Å²) < 4.78 is 39.8. The Bertz CT molecular complexity index is 872. The highest BCUT2D eigenvalue weighted by molar-refractivity contribution is 7.92. The summed E-state index contributed by atoms with van der Waals surface area (Å²) in [6, 6.07) is 6.99. The monoisotopic (exact) mass is 391 g/mol. The summed E-state index contributed by atoms with van der Waals surface area (Å²) in [5, 5.41) is 9.27. The normalized spacial score (nSPS) is 12.7. The van der Waals surface area contributed by atoms with Crippen LogP contribution in [-0.2, 0) is 14.8 Å². The van der Waals surface area contributed by atoms with E-state index in [1.165, 1.54) is 31.2 Å². The van der Waals surface area contributed by atoms with Gasteiger partial charge in [-0.3, -0.25) is 4.31 Å². The van der Waals surface area contributed by atoms with Gasteiger partial charge in [-0.25, -0.2) is 17.6 Å². The van der Waals surface area contributed by atoms with E-state index in [-0.39, 0.29) is 15.6 Å². The Morgan fingerprint density at radius 2 is 1.75 bits per heavy atom. The van der Waals surface area contributed by atoms with E-state index < -0.39 is 27.9 Å². The first-order valence-electron chi connectivity index (χ1n) is 6.62. The molecule has 0 aliphatic heterocycles. The number of aliphatic carboxylic acids is 1. The highest BCUT2D eigenvalue weighted by Gasteiger charge is 2.33. The quantitative estimate of drug-likeness (QED) is 0.840. The molecule has 0 amide bonds. The number of sulfonamides is 1. The van der Waals surface area contributed by atoms with Crippen molar-refractivity contribution >= 4 is 44.9 Å². The molecular weight excluding hydrogens is 380 g/mol. The minimum Gasteiger partial charge on any atom is -0.480 e. The van der Waals surface area contributed by atoms with Gasteiger partial charge in [-0.15, -0.1) is 0 Å². The van der Waals surface area contributed by atoms with Crippen LogP contribution in [0.15, 0.2) is 47.4 Å². The van der Waals surface area contributed by atoms with Crippen molar-refractivity contribution in [3.63, 3.8) is 0 Å². The van der Waals surface area contributed by atoms with Crippen LogP contribution in [0.4, 0.5) is 10.1 Å². The summed E-state index contributed by atoms with van der Waals surface area (Å²) in [6.45, 7) is 1.20. The van der Waals surface area contributed by atoms with Crippen molar-refractivity contribution in [3.8, 4) is 0 Å². The molecule has 0 bridgehead atoms. The summed E-state index contributed by atoms with van der Waals surface area (Å²) >= 11 is 11.4. The zero-order chi connectivity index (χ0) is 18.1. The van der Waals surface area contributed by atoms with E-state index in [0.717, 1.165) is 18.2 Å². The van der Waals surface area contributed by atoms with Gasteiger partial charge in [0.1, 0.15) is 11.9 Å². The molecule has 1 unspecified atom stereocenters. The van der Waals surface area contributed by atoms with E-state index in [1.54, 1.807) is 0 Å². The van der Waals surface area contributed by atoms with E-state index in [1.807, 2.05) is 0 Å². The Morgan fingerprint density at radius 3 is 2.25 bits per heavy atom. The van der Waals surface area contributed by atoms with Crippen molar-refractivity contribution in [1.82, 2.24) is 0 Å². The third-order valence-electron chi connectivity index (χ3n) is 3.24. The fraction of sp³-hybridized carbons (Fsp3) is 0.133. The zero-order valence-corrected chi connectivity index (χ0v) is 14.6. The first-order valence-corrected chi connectivity index (χ1v) is 8.82. The first-order chi connectivity index (χ1) is 11.1. The molecule has 2 aromatic rings. The number of rotatable bonds is 5. The third kappa shape index (κ3) is 3.63. The summed E-state index contributed by atoms with van der Waals surface area (Å²) in [4.78, 5) is 11.2. The highest BCUT2D eigenvalue weighted by Crippen LogP contribution is 2.30. The number of halogens is 3. The van der Waals surface area contributed by atoms with Gasteiger partial charge in [-0.1, -0.05) is 23.2 Å². The second-order valence-corrected chi connectivity index (χ2v) is 7.53. The summed E-state index contributed by atoms with van der Waals surface area (Å²) in [5.41, 5.74) is -0.0637. The van der Waals surface area contributed by atoms with E-state index in [2.05, 4.69) is 0 Å². The standard InChI is InChI=1S/C15H12Cl2FNO4S/c1-9(15(20)21)19(11-4-7-14(18)13(17)8-11)24(22,23)12-5-2-10(16)3-6-12/h2-9H,1H3,(H,20,21). The average Bonchev–Trinajstić information content (AvgIpc) is 2.51. The van der Waals surface area contributed by atoms with E-state index in [4.69, 9.17) is 23.2 Å². The maximum Gasteiger partial charge on any atom is 0.327 e. The Balaban J connectivity index is 2.63. The molecule has 24 heavy (non-hydrogen) atoms. The topological polar surface area (TPSA) is 74.7 Å². The van der Waals surface area contributed by atoms with Crippen LogP contribution in [0, 0.1) is 5.82 Å². The van der Waals surface area contributed by atoms with Gasteiger partial charge in [0, 0.05) is 5.02 Å². The number of carboxylic acid groups (broad SMARTS) is 1. The first kappa shape index (κ1) is 18.5. The molecule has 0 aliphatic rings. The SMILES string of the molecule is CC(C(=O)O)N(c1ccc(F)c(Cl)c1)S(=O)(=O)c1ccc(Cl)cc1. The predicted molar refractivity (Wildman–Crippen MR) is 89.6 cm³/mol. The van der Waals surface area contributed by atoms with Crippen LogP contribution >= 0.6 is 23.2 Å². The van der Waals surface area contributed by atoms with Gasteiger partial charge in [0.2, 0.25) is 0 Å². The lowest BCUT2D eigenvalue weighted by Crippen LogP contribution is -2.43. The molecular formula is C15H12Cl2FNO4S. The Kier molecular flexibility index (Phi) is 5.37. The maximum atomic E-state index is 13.4. The second kappa shape index (κ2) is 6.96.